The summed E-state index contributed by atoms with van der Waals surface area (Å²) in [6, 6.07) is -0.403. The number of hydrogen-bond donors (Lipinski definition) is 4. The number of rotatable bonds is 8. The average molecular weight is 424 g/mol. The Morgan fingerprint density at radius 3 is 2.28 bits per heavy atom. The predicted octanol–water partition coefficient (Wildman–Crippen LogP) is 2.42. The summed E-state index contributed by atoms with van der Waals surface area (Å²) >= 11 is 0. The van der Waals surface area contributed by atoms with Crippen LogP contribution >= 0.6 is 0 Å². The number of carbonyl (C=O) groups excluding carboxylic acids is 1. The molecule has 4 N–H and O–H groups in total. The van der Waals surface area contributed by atoms with E-state index in [1.807, 2.05) is 19.9 Å². The number of carboxylic acid groups (broad SMARTS) is 2. The van der Waals surface area contributed by atoms with Crippen LogP contribution in [-0.2, 0) is 19.1 Å². The number of nitrogens with one attached hydrogen (secondary N) is 2. The van der Waals surface area contributed by atoms with E-state index >= 15 is 0 Å². The number of ether oxygens (including phenoxy) is 1. The highest BCUT2D eigenvalue weighted by atomic mass is 19.4. The Bertz CT molecular complexity index is 619. The Morgan fingerprint density at radius 1 is 1.28 bits per heavy atom. The van der Waals surface area contributed by atoms with Gasteiger partial charge >= 0.3 is 18.1 Å². The maximum absolute atomic E-state index is 11.1. The second-order valence-corrected chi connectivity index (χ2v) is 6.18. The van der Waals surface area contributed by atoms with Crippen LogP contribution < -0.4 is 10.6 Å². The van der Waals surface area contributed by atoms with Crippen molar-refractivity contribution in [3.63, 3.8) is 0 Å². The van der Waals surface area contributed by atoms with Crippen molar-refractivity contribution in [3.05, 3.63) is 24.1 Å². The van der Waals surface area contributed by atoms with E-state index in [-0.39, 0.29) is 17.9 Å². The minimum absolute atomic E-state index is 0.0958. The van der Waals surface area contributed by atoms with Crippen molar-refractivity contribution in [3.8, 4) is 0 Å². The Labute approximate surface area is 166 Å². The predicted molar refractivity (Wildman–Crippen MR) is 97.7 cm³/mol. The summed E-state index contributed by atoms with van der Waals surface area (Å²) in [5.74, 6) is -2.80. The lowest BCUT2D eigenvalue weighted by Gasteiger charge is -2.18. The number of allylic oxidation sites excluding steroid dienone is 2. The van der Waals surface area contributed by atoms with Crippen molar-refractivity contribution in [1.29, 1.82) is 0 Å². The first-order valence-electron chi connectivity index (χ1n) is 8.93. The van der Waals surface area contributed by atoms with Crippen molar-refractivity contribution in [2.75, 3.05) is 6.61 Å². The Balaban J connectivity index is 0.000000956. The third-order valence-electron chi connectivity index (χ3n) is 3.89. The van der Waals surface area contributed by atoms with Gasteiger partial charge in [-0.15, -0.1) is 0 Å². The lowest BCUT2D eigenvalue weighted by Crippen LogP contribution is -2.36. The van der Waals surface area contributed by atoms with Crippen molar-refractivity contribution in [1.82, 2.24) is 10.6 Å². The number of alkyl halides is 3. The van der Waals surface area contributed by atoms with Gasteiger partial charge in [0, 0.05) is 25.6 Å². The Kier molecular flexibility index (Phi) is 11.7. The third-order valence-corrected chi connectivity index (χ3v) is 3.89. The molecule has 0 saturated carbocycles. The summed E-state index contributed by atoms with van der Waals surface area (Å²) in [6.45, 7) is 5.80. The van der Waals surface area contributed by atoms with Crippen LogP contribution in [0.4, 0.5) is 13.2 Å². The van der Waals surface area contributed by atoms with Crippen LogP contribution in [0.25, 0.3) is 0 Å². The molecule has 11 heteroatoms. The summed E-state index contributed by atoms with van der Waals surface area (Å²) in [5.41, 5.74) is 0. The van der Waals surface area contributed by atoms with E-state index in [1.165, 1.54) is 6.92 Å². The van der Waals surface area contributed by atoms with Crippen LogP contribution in [0.2, 0.25) is 0 Å². The van der Waals surface area contributed by atoms with Crippen molar-refractivity contribution < 1.29 is 42.5 Å². The zero-order valence-electron chi connectivity index (χ0n) is 16.5. The number of carboxylic acids is 2. The van der Waals surface area contributed by atoms with E-state index in [2.05, 4.69) is 16.7 Å². The largest absolute Gasteiger partial charge is 0.497 e. The van der Waals surface area contributed by atoms with Gasteiger partial charge in [0.25, 0.3) is 0 Å². The molecule has 1 fully saturated rings. The second kappa shape index (κ2) is 12.8. The fourth-order valence-corrected chi connectivity index (χ4v) is 2.67. The van der Waals surface area contributed by atoms with E-state index in [4.69, 9.17) is 19.7 Å². The number of aliphatic carboxylic acids is 2. The molecule has 1 aliphatic heterocycles. The Hall–Kier alpha value is -2.56. The third kappa shape index (κ3) is 11.1. The first-order chi connectivity index (χ1) is 13.4. The van der Waals surface area contributed by atoms with Gasteiger partial charge in [0.15, 0.2) is 0 Å². The van der Waals surface area contributed by atoms with E-state index < -0.39 is 24.2 Å². The molecule has 1 amide bonds. The first-order valence-corrected chi connectivity index (χ1v) is 8.93. The molecule has 0 unspecified atom stereocenters. The average Bonchev–Trinajstić information content (AvgIpc) is 3.00. The molecule has 166 valence electrons. The molecule has 0 aromatic rings. The maximum atomic E-state index is 11.1. The van der Waals surface area contributed by atoms with Gasteiger partial charge in [-0.3, -0.25) is 9.59 Å². The van der Waals surface area contributed by atoms with E-state index in [1.54, 1.807) is 6.20 Å². The molecule has 0 aromatic carbocycles. The monoisotopic (exact) mass is 424 g/mol. The normalized spacial score (nSPS) is 22.0. The van der Waals surface area contributed by atoms with Crippen molar-refractivity contribution >= 4 is 17.8 Å². The van der Waals surface area contributed by atoms with Gasteiger partial charge in [0.05, 0.1) is 6.61 Å². The van der Waals surface area contributed by atoms with Crippen molar-refractivity contribution in [2.24, 2.45) is 5.92 Å². The molecule has 0 radical (unpaired) electrons. The van der Waals surface area contributed by atoms with Gasteiger partial charge in [-0.25, -0.2) is 4.79 Å². The molecular weight excluding hydrogens is 397 g/mol. The van der Waals surface area contributed by atoms with Crippen LogP contribution in [0.5, 0.6) is 0 Å². The fourth-order valence-electron chi connectivity index (χ4n) is 2.67. The van der Waals surface area contributed by atoms with Crippen LogP contribution in [0.3, 0.4) is 0 Å². The smallest absolute Gasteiger partial charge is 0.490 e. The standard InChI is InChI=1S/C16H26N2O4.C2HF3O2/c1-4-6-12-9-15(16(20)21)18-14(12)8-7-13(22-5-2)10-17-11(3)19;3-2(4,5)1(6)7/h4,6,10,12,14-15,18H,5,7-9H2,1-3H3,(H,17,19)(H,20,21);(H,6,7)/b6-4-,13-10-;/t12-,14-,15-;/m1./s1. The van der Waals surface area contributed by atoms with Crippen LogP contribution in [0, 0.1) is 5.92 Å². The number of hydrogen-bond acceptors (Lipinski definition) is 5. The molecule has 0 spiro atoms. The lowest BCUT2D eigenvalue weighted by atomic mass is 9.95. The molecule has 1 rings (SSSR count). The summed E-state index contributed by atoms with van der Waals surface area (Å²) in [7, 11) is 0. The molecular formula is C18H27F3N2O6. The fraction of sp³-hybridized carbons (Fsp3) is 0.611. The molecule has 1 heterocycles. The topological polar surface area (TPSA) is 125 Å². The van der Waals surface area contributed by atoms with Crippen LogP contribution in [-0.4, -0.2) is 52.9 Å². The minimum Gasteiger partial charge on any atom is -0.497 e. The second-order valence-electron chi connectivity index (χ2n) is 6.18. The molecule has 29 heavy (non-hydrogen) atoms. The van der Waals surface area contributed by atoms with E-state index in [0.717, 1.165) is 6.42 Å². The molecule has 1 aliphatic rings. The SMILES string of the molecule is C/C=C\[C@@H]1C[C@H](C(=O)O)N[C@@H]1CC/C(=C/NC(C)=O)OCC.O=C(O)C(F)(F)F. The summed E-state index contributed by atoms with van der Waals surface area (Å²) in [4.78, 5) is 31.0. The molecule has 0 aromatic heterocycles. The lowest BCUT2D eigenvalue weighted by molar-refractivity contribution is -0.192. The van der Waals surface area contributed by atoms with E-state index in [0.29, 0.717) is 25.2 Å². The van der Waals surface area contributed by atoms with E-state index in [9.17, 15) is 22.8 Å². The van der Waals surface area contributed by atoms with Gasteiger partial charge in [0.2, 0.25) is 5.91 Å². The van der Waals surface area contributed by atoms with Gasteiger partial charge < -0.3 is 25.6 Å². The summed E-state index contributed by atoms with van der Waals surface area (Å²) in [5, 5.41) is 22.1. The van der Waals surface area contributed by atoms with Crippen LogP contribution in [0.1, 0.15) is 40.0 Å². The zero-order valence-corrected chi connectivity index (χ0v) is 16.5. The Morgan fingerprint density at radius 2 is 1.86 bits per heavy atom. The summed E-state index contributed by atoms with van der Waals surface area (Å²) in [6.07, 6.45) is 2.51. The molecule has 1 saturated heterocycles. The first kappa shape index (κ1) is 26.4. The number of halogens is 3. The highest BCUT2D eigenvalue weighted by Crippen LogP contribution is 2.26. The molecule has 3 atom stereocenters. The quantitative estimate of drug-likeness (QED) is 0.348. The number of amides is 1. The van der Waals surface area contributed by atoms with Gasteiger partial charge in [-0.1, -0.05) is 12.2 Å². The minimum atomic E-state index is -5.08. The highest BCUT2D eigenvalue weighted by molar-refractivity contribution is 5.74. The highest BCUT2D eigenvalue weighted by Gasteiger charge is 2.38. The maximum Gasteiger partial charge on any atom is 0.490 e. The number of carbonyl (C=O) groups is 3. The molecule has 0 bridgehead atoms. The summed E-state index contributed by atoms with van der Waals surface area (Å²) < 4.78 is 37.2. The van der Waals surface area contributed by atoms with Gasteiger partial charge in [0.1, 0.15) is 11.8 Å². The van der Waals surface area contributed by atoms with Crippen molar-refractivity contribution in [2.45, 2.75) is 58.3 Å². The molecule has 8 nitrogen and oxygen atoms in total. The molecule has 0 aliphatic carbocycles. The van der Waals surface area contributed by atoms with Gasteiger partial charge in [-0.2, -0.15) is 13.2 Å². The van der Waals surface area contributed by atoms with Crippen LogP contribution in [0.15, 0.2) is 24.1 Å². The zero-order chi connectivity index (χ0) is 22.6. The van der Waals surface area contributed by atoms with Gasteiger partial charge in [-0.05, 0) is 32.6 Å².